The summed E-state index contributed by atoms with van der Waals surface area (Å²) in [5.41, 5.74) is 5.13. The summed E-state index contributed by atoms with van der Waals surface area (Å²) in [6.07, 6.45) is 0. The van der Waals surface area contributed by atoms with Crippen molar-refractivity contribution in [3.8, 4) is 5.75 Å². The lowest BCUT2D eigenvalue weighted by molar-refractivity contribution is -0.386. The quantitative estimate of drug-likeness (QED) is 0.557. The molecule has 1 amide bonds. The molecule has 0 saturated carbocycles. The van der Waals surface area contributed by atoms with Crippen LogP contribution in [0.2, 0.25) is 0 Å². The number of ether oxygens (including phenoxy) is 1. The van der Waals surface area contributed by atoms with E-state index in [1.807, 2.05) is 0 Å². The molecule has 2 N–H and O–H groups in total. The Labute approximate surface area is 145 Å². The SMILES string of the molecule is COc1ccc(S(=O)(=O)N2CCN(C(=O)C(C)N)CC2)cc1[N+](=O)[O-]. The normalized spacial score (nSPS) is 17.2. The number of hydrogen-bond acceptors (Lipinski definition) is 7. The van der Waals surface area contributed by atoms with E-state index in [1.165, 1.54) is 28.4 Å². The number of nitro benzene ring substituents is 1. The Bertz CT molecular complexity index is 772. The molecule has 138 valence electrons. The summed E-state index contributed by atoms with van der Waals surface area (Å²) in [6, 6.07) is 2.85. The summed E-state index contributed by atoms with van der Waals surface area (Å²) >= 11 is 0. The lowest BCUT2D eigenvalue weighted by Crippen LogP contribution is -2.53. The van der Waals surface area contributed by atoms with Crippen LogP contribution in [0.15, 0.2) is 23.1 Å². The van der Waals surface area contributed by atoms with Gasteiger partial charge in [-0.1, -0.05) is 0 Å². The third-order valence-corrected chi connectivity index (χ3v) is 5.82. The minimum atomic E-state index is -3.91. The number of amides is 1. The second-order valence-electron chi connectivity index (χ2n) is 5.61. The molecule has 0 radical (unpaired) electrons. The molecule has 10 nitrogen and oxygen atoms in total. The highest BCUT2D eigenvalue weighted by Gasteiger charge is 2.32. The number of sulfonamides is 1. The molecule has 25 heavy (non-hydrogen) atoms. The number of carbonyl (C=O) groups is 1. The molecular formula is C14H20N4O6S. The second kappa shape index (κ2) is 7.33. The maximum atomic E-state index is 12.7. The van der Waals surface area contributed by atoms with Gasteiger partial charge in [0.25, 0.3) is 0 Å². The van der Waals surface area contributed by atoms with Crippen LogP contribution in [0.4, 0.5) is 5.69 Å². The molecule has 0 spiro atoms. The van der Waals surface area contributed by atoms with Gasteiger partial charge in [0.1, 0.15) is 0 Å². The fourth-order valence-corrected chi connectivity index (χ4v) is 4.00. The van der Waals surface area contributed by atoms with Crippen molar-refractivity contribution >= 4 is 21.6 Å². The number of nitro groups is 1. The average Bonchev–Trinajstić information content (AvgIpc) is 2.60. The molecule has 1 aliphatic rings. The van der Waals surface area contributed by atoms with Gasteiger partial charge in [-0.15, -0.1) is 0 Å². The molecule has 1 saturated heterocycles. The van der Waals surface area contributed by atoms with E-state index in [0.29, 0.717) is 0 Å². The van der Waals surface area contributed by atoms with Crippen LogP contribution in [0.3, 0.4) is 0 Å². The molecule has 11 heteroatoms. The van der Waals surface area contributed by atoms with E-state index in [4.69, 9.17) is 10.5 Å². The van der Waals surface area contributed by atoms with Crippen molar-refractivity contribution in [1.29, 1.82) is 0 Å². The van der Waals surface area contributed by atoms with Crippen molar-refractivity contribution in [3.63, 3.8) is 0 Å². The van der Waals surface area contributed by atoms with Gasteiger partial charge < -0.3 is 15.4 Å². The number of carbonyl (C=O) groups excluding carboxylic acids is 1. The zero-order valence-corrected chi connectivity index (χ0v) is 14.7. The van der Waals surface area contributed by atoms with Crippen LogP contribution in [-0.4, -0.2) is 67.8 Å². The van der Waals surface area contributed by atoms with E-state index in [-0.39, 0.29) is 42.7 Å². The number of rotatable bonds is 5. The molecule has 1 unspecified atom stereocenters. The molecule has 1 aromatic rings. The fourth-order valence-electron chi connectivity index (χ4n) is 2.56. The highest BCUT2D eigenvalue weighted by Crippen LogP contribution is 2.30. The van der Waals surface area contributed by atoms with E-state index < -0.39 is 26.7 Å². The Kier molecular flexibility index (Phi) is 5.60. The molecule has 1 heterocycles. The molecule has 1 fully saturated rings. The van der Waals surface area contributed by atoms with Gasteiger partial charge >= 0.3 is 5.69 Å². The number of hydrogen-bond donors (Lipinski definition) is 1. The lowest BCUT2D eigenvalue weighted by atomic mass is 10.2. The summed E-state index contributed by atoms with van der Waals surface area (Å²) in [5.74, 6) is -0.256. The highest BCUT2D eigenvalue weighted by atomic mass is 32.2. The van der Waals surface area contributed by atoms with Gasteiger partial charge in [-0.3, -0.25) is 14.9 Å². The average molecular weight is 372 g/mol. The first-order valence-corrected chi connectivity index (χ1v) is 8.99. The van der Waals surface area contributed by atoms with E-state index in [0.717, 1.165) is 6.07 Å². The predicted molar refractivity (Wildman–Crippen MR) is 88.6 cm³/mol. The second-order valence-corrected chi connectivity index (χ2v) is 7.55. The highest BCUT2D eigenvalue weighted by molar-refractivity contribution is 7.89. The molecule has 0 aromatic heterocycles. The van der Waals surface area contributed by atoms with E-state index in [1.54, 1.807) is 6.92 Å². The van der Waals surface area contributed by atoms with Crippen molar-refractivity contribution in [1.82, 2.24) is 9.21 Å². The lowest BCUT2D eigenvalue weighted by Gasteiger charge is -2.34. The van der Waals surface area contributed by atoms with E-state index in [9.17, 15) is 23.3 Å². The Morgan fingerprint density at radius 2 is 1.92 bits per heavy atom. The first-order valence-electron chi connectivity index (χ1n) is 7.55. The third-order valence-electron chi connectivity index (χ3n) is 3.92. The summed E-state index contributed by atoms with van der Waals surface area (Å²) in [5, 5.41) is 11.1. The Hall–Kier alpha value is -2.24. The minimum absolute atomic E-state index is 0.0173. The minimum Gasteiger partial charge on any atom is -0.490 e. The van der Waals surface area contributed by atoms with Crippen LogP contribution in [-0.2, 0) is 14.8 Å². The first-order chi connectivity index (χ1) is 11.7. The number of piperazine rings is 1. The molecule has 1 aliphatic heterocycles. The van der Waals surface area contributed by atoms with Crippen molar-refractivity contribution in [3.05, 3.63) is 28.3 Å². The third kappa shape index (κ3) is 3.89. The molecule has 0 aliphatic carbocycles. The van der Waals surface area contributed by atoms with Gasteiger partial charge in [-0.05, 0) is 19.1 Å². The number of benzene rings is 1. The van der Waals surface area contributed by atoms with Gasteiger partial charge in [-0.2, -0.15) is 4.31 Å². The van der Waals surface area contributed by atoms with Crippen LogP contribution < -0.4 is 10.5 Å². The van der Waals surface area contributed by atoms with Gasteiger partial charge in [0.15, 0.2) is 5.75 Å². The monoisotopic (exact) mass is 372 g/mol. The van der Waals surface area contributed by atoms with Crippen LogP contribution in [0.5, 0.6) is 5.75 Å². The maximum absolute atomic E-state index is 12.7. The maximum Gasteiger partial charge on any atom is 0.312 e. The molecule has 1 atom stereocenters. The Morgan fingerprint density at radius 1 is 1.32 bits per heavy atom. The van der Waals surface area contributed by atoms with Crippen molar-refractivity contribution in [2.45, 2.75) is 17.9 Å². The predicted octanol–water partition coefficient (Wildman–Crippen LogP) is -0.216. The Balaban J connectivity index is 2.22. The van der Waals surface area contributed by atoms with Gasteiger partial charge in [0.2, 0.25) is 15.9 Å². The fraction of sp³-hybridized carbons (Fsp3) is 0.500. The number of nitrogens with two attached hydrogens (primary N) is 1. The largest absolute Gasteiger partial charge is 0.490 e. The molecule has 0 bridgehead atoms. The molecule has 1 aromatic carbocycles. The summed E-state index contributed by atoms with van der Waals surface area (Å²) in [7, 11) is -2.64. The number of methoxy groups -OCH3 is 1. The summed E-state index contributed by atoms with van der Waals surface area (Å²) < 4.78 is 31.5. The van der Waals surface area contributed by atoms with Crippen molar-refractivity contribution < 1.29 is 22.9 Å². The van der Waals surface area contributed by atoms with E-state index in [2.05, 4.69) is 0 Å². The van der Waals surface area contributed by atoms with Crippen LogP contribution >= 0.6 is 0 Å². The van der Waals surface area contributed by atoms with Gasteiger partial charge in [-0.25, -0.2) is 8.42 Å². The van der Waals surface area contributed by atoms with Gasteiger partial charge in [0, 0.05) is 32.2 Å². The van der Waals surface area contributed by atoms with E-state index >= 15 is 0 Å². The van der Waals surface area contributed by atoms with Crippen LogP contribution in [0.1, 0.15) is 6.92 Å². The summed E-state index contributed by atoms with van der Waals surface area (Å²) in [4.78, 5) is 23.6. The topological polar surface area (TPSA) is 136 Å². The molecular weight excluding hydrogens is 352 g/mol. The standard InChI is InChI=1S/C14H20N4O6S/c1-10(15)14(19)16-5-7-17(8-6-16)25(22,23)11-3-4-13(24-2)12(9-11)18(20)21/h3-4,9-10H,5-8,15H2,1-2H3. The van der Waals surface area contributed by atoms with Gasteiger partial charge in [0.05, 0.1) is 23.0 Å². The summed E-state index contributed by atoms with van der Waals surface area (Å²) in [6.45, 7) is 2.21. The van der Waals surface area contributed by atoms with Crippen molar-refractivity contribution in [2.24, 2.45) is 5.73 Å². The molecule has 2 rings (SSSR count). The zero-order chi connectivity index (χ0) is 18.8. The zero-order valence-electron chi connectivity index (χ0n) is 13.9. The smallest absolute Gasteiger partial charge is 0.312 e. The van der Waals surface area contributed by atoms with Crippen LogP contribution in [0.25, 0.3) is 0 Å². The van der Waals surface area contributed by atoms with Crippen molar-refractivity contribution in [2.75, 3.05) is 33.3 Å². The Morgan fingerprint density at radius 3 is 2.40 bits per heavy atom. The van der Waals surface area contributed by atoms with Crippen LogP contribution in [0, 0.1) is 10.1 Å². The number of nitrogens with zero attached hydrogens (tertiary/aromatic N) is 3. The first kappa shape index (κ1) is 19.1.